The average Bonchev–Trinajstić information content (AvgIpc) is 2.35. The van der Waals surface area contributed by atoms with Gasteiger partial charge in [0.05, 0.1) is 5.56 Å². The molecule has 108 valence electrons. The maximum Gasteiger partial charge on any atom is 0.416 e. The van der Waals surface area contributed by atoms with Crippen LogP contribution in [0.1, 0.15) is 25.0 Å². The Labute approximate surface area is 117 Å². The van der Waals surface area contributed by atoms with Crippen LogP contribution in [0.15, 0.2) is 24.3 Å². The first-order chi connectivity index (χ1) is 8.97. The van der Waals surface area contributed by atoms with E-state index in [4.69, 9.17) is 0 Å². The summed E-state index contributed by atoms with van der Waals surface area (Å²) in [6.45, 7) is 4.92. The van der Waals surface area contributed by atoms with Crippen molar-refractivity contribution >= 4 is 11.8 Å². The summed E-state index contributed by atoms with van der Waals surface area (Å²) >= 11 is 1.80. The number of halogens is 3. The fraction of sp³-hybridized carbons (Fsp3) is 0.571. The molecule has 1 nitrogen and oxygen atoms in total. The topological polar surface area (TPSA) is 12.0 Å². The Morgan fingerprint density at radius 3 is 2.58 bits per heavy atom. The summed E-state index contributed by atoms with van der Waals surface area (Å²) in [4.78, 5) is 0. The standard InChI is InChI=1S/C14H20F3NS/c1-3-18-13(10-19-4-2)9-11-6-5-7-12(8-11)14(15,16)17/h5-8,13,18H,3-4,9-10H2,1-2H3. The van der Waals surface area contributed by atoms with Crippen molar-refractivity contribution in [3.05, 3.63) is 35.4 Å². The highest BCUT2D eigenvalue weighted by Gasteiger charge is 2.30. The van der Waals surface area contributed by atoms with E-state index < -0.39 is 11.7 Å². The number of alkyl halides is 3. The molecule has 1 aromatic carbocycles. The molecule has 5 heteroatoms. The second-order valence-electron chi connectivity index (χ2n) is 4.32. The van der Waals surface area contributed by atoms with Crippen LogP contribution in [0.2, 0.25) is 0 Å². The van der Waals surface area contributed by atoms with Gasteiger partial charge < -0.3 is 5.32 Å². The van der Waals surface area contributed by atoms with Crippen molar-refractivity contribution in [2.45, 2.75) is 32.5 Å². The van der Waals surface area contributed by atoms with Crippen molar-refractivity contribution < 1.29 is 13.2 Å². The van der Waals surface area contributed by atoms with E-state index in [1.165, 1.54) is 12.1 Å². The van der Waals surface area contributed by atoms with Gasteiger partial charge in [-0.25, -0.2) is 0 Å². The molecular formula is C14H20F3NS. The second kappa shape index (κ2) is 7.80. The Morgan fingerprint density at radius 2 is 2.00 bits per heavy atom. The predicted octanol–water partition coefficient (Wildman–Crippen LogP) is 3.98. The molecule has 0 amide bonds. The number of nitrogens with one attached hydrogen (secondary N) is 1. The molecule has 1 atom stereocenters. The van der Waals surface area contributed by atoms with Crippen LogP contribution >= 0.6 is 11.8 Å². The van der Waals surface area contributed by atoms with Crippen LogP contribution in [-0.2, 0) is 12.6 Å². The summed E-state index contributed by atoms with van der Waals surface area (Å²) in [5, 5.41) is 3.32. The smallest absolute Gasteiger partial charge is 0.313 e. The normalized spacial score (nSPS) is 13.5. The number of rotatable bonds is 7. The molecular weight excluding hydrogens is 271 g/mol. The van der Waals surface area contributed by atoms with Gasteiger partial charge in [-0.1, -0.05) is 32.0 Å². The highest BCUT2D eigenvalue weighted by molar-refractivity contribution is 7.99. The summed E-state index contributed by atoms with van der Waals surface area (Å²) in [6.07, 6.45) is -3.63. The molecule has 0 aromatic heterocycles. The van der Waals surface area contributed by atoms with E-state index in [2.05, 4.69) is 12.2 Å². The minimum atomic E-state index is -4.26. The molecule has 0 fully saturated rings. The molecule has 1 unspecified atom stereocenters. The van der Waals surface area contributed by atoms with Gasteiger partial charge in [-0.2, -0.15) is 24.9 Å². The van der Waals surface area contributed by atoms with Crippen molar-refractivity contribution in [2.24, 2.45) is 0 Å². The van der Waals surface area contributed by atoms with Gasteiger partial charge in [0.15, 0.2) is 0 Å². The summed E-state index contributed by atoms with van der Waals surface area (Å²) in [5.74, 6) is 1.94. The number of thioether (sulfide) groups is 1. The zero-order chi connectivity index (χ0) is 14.3. The first-order valence-corrected chi connectivity index (χ1v) is 7.60. The lowest BCUT2D eigenvalue weighted by Gasteiger charge is -2.18. The average molecular weight is 291 g/mol. The Kier molecular flexibility index (Phi) is 6.72. The molecule has 0 aliphatic heterocycles. The van der Waals surface area contributed by atoms with Gasteiger partial charge in [-0.3, -0.25) is 0 Å². The third-order valence-corrected chi connectivity index (χ3v) is 3.80. The lowest BCUT2D eigenvalue weighted by molar-refractivity contribution is -0.137. The summed E-state index contributed by atoms with van der Waals surface area (Å²) in [6, 6.07) is 5.83. The molecule has 0 heterocycles. The predicted molar refractivity (Wildman–Crippen MR) is 75.6 cm³/mol. The van der Waals surface area contributed by atoms with Crippen molar-refractivity contribution in [3.8, 4) is 0 Å². The van der Waals surface area contributed by atoms with E-state index in [9.17, 15) is 13.2 Å². The van der Waals surface area contributed by atoms with Crippen LogP contribution in [0.5, 0.6) is 0 Å². The van der Waals surface area contributed by atoms with Crippen molar-refractivity contribution in [1.29, 1.82) is 0 Å². The molecule has 1 N–H and O–H groups in total. The molecule has 0 aliphatic carbocycles. The summed E-state index contributed by atoms with van der Waals surface area (Å²) in [5.41, 5.74) is 0.167. The van der Waals surface area contributed by atoms with Gasteiger partial charge in [0, 0.05) is 11.8 Å². The monoisotopic (exact) mass is 291 g/mol. The van der Waals surface area contributed by atoms with Gasteiger partial charge in [0.2, 0.25) is 0 Å². The molecule has 0 radical (unpaired) electrons. The molecule has 0 bridgehead atoms. The molecule has 0 saturated carbocycles. The van der Waals surface area contributed by atoms with Gasteiger partial charge in [0.25, 0.3) is 0 Å². The van der Waals surface area contributed by atoms with E-state index >= 15 is 0 Å². The Bertz CT molecular complexity index is 379. The van der Waals surface area contributed by atoms with E-state index in [0.29, 0.717) is 6.42 Å². The zero-order valence-electron chi connectivity index (χ0n) is 11.3. The van der Waals surface area contributed by atoms with Crippen LogP contribution in [0.25, 0.3) is 0 Å². The van der Waals surface area contributed by atoms with Crippen molar-refractivity contribution in [3.63, 3.8) is 0 Å². The third-order valence-electron chi connectivity index (χ3n) is 2.75. The van der Waals surface area contributed by atoms with Gasteiger partial charge in [-0.05, 0) is 30.3 Å². The number of benzene rings is 1. The molecule has 1 rings (SSSR count). The quantitative estimate of drug-likeness (QED) is 0.815. The third kappa shape index (κ3) is 5.87. The fourth-order valence-corrected chi connectivity index (χ4v) is 2.65. The number of hydrogen-bond donors (Lipinski definition) is 1. The lowest BCUT2D eigenvalue weighted by Crippen LogP contribution is -2.33. The number of likely N-dealkylation sites (N-methyl/N-ethyl adjacent to an activating group) is 1. The maximum absolute atomic E-state index is 12.6. The van der Waals surface area contributed by atoms with Gasteiger partial charge in [-0.15, -0.1) is 0 Å². The molecule has 0 saturated heterocycles. The Hall–Kier alpha value is -0.680. The lowest BCUT2D eigenvalue weighted by atomic mass is 10.0. The summed E-state index contributed by atoms with van der Waals surface area (Å²) in [7, 11) is 0. The van der Waals surface area contributed by atoms with Crippen LogP contribution in [-0.4, -0.2) is 24.1 Å². The van der Waals surface area contributed by atoms with Gasteiger partial charge >= 0.3 is 6.18 Å². The fourth-order valence-electron chi connectivity index (χ4n) is 1.90. The maximum atomic E-state index is 12.6. The van der Waals surface area contributed by atoms with Crippen molar-refractivity contribution in [1.82, 2.24) is 5.32 Å². The van der Waals surface area contributed by atoms with Gasteiger partial charge in [0.1, 0.15) is 0 Å². The van der Waals surface area contributed by atoms with Crippen LogP contribution in [0.3, 0.4) is 0 Å². The van der Waals surface area contributed by atoms with Crippen LogP contribution in [0.4, 0.5) is 13.2 Å². The van der Waals surface area contributed by atoms with E-state index in [0.717, 1.165) is 29.7 Å². The highest BCUT2D eigenvalue weighted by Crippen LogP contribution is 2.29. The zero-order valence-corrected chi connectivity index (χ0v) is 12.1. The molecule has 1 aromatic rings. The SMILES string of the molecule is CCNC(CSCC)Cc1cccc(C(F)(F)F)c1. The van der Waals surface area contributed by atoms with Crippen molar-refractivity contribution in [2.75, 3.05) is 18.1 Å². The Morgan fingerprint density at radius 1 is 1.26 bits per heavy atom. The van der Waals surface area contributed by atoms with E-state index in [-0.39, 0.29) is 6.04 Å². The summed E-state index contributed by atoms with van der Waals surface area (Å²) < 4.78 is 37.9. The Balaban J connectivity index is 2.73. The van der Waals surface area contributed by atoms with Crippen LogP contribution < -0.4 is 5.32 Å². The minimum absolute atomic E-state index is 0.221. The molecule has 0 spiro atoms. The highest BCUT2D eigenvalue weighted by atomic mass is 32.2. The minimum Gasteiger partial charge on any atom is -0.313 e. The largest absolute Gasteiger partial charge is 0.416 e. The molecule has 19 heavy (non-hydrogen) atoms. The van der Waals surface area contributed by atoms with Crippen LogP contribution in [0, 0.1) is 0 Å². The number of hydrogen-bond acceptors (Lipinski definition) is 2. The molecule has 0 aliphatic rings. The van der Waals surface area contributed by atoms with E-state index in [1.54, 1.807) is 17.8 Å². The second-order valence-corrected chi connectivity index (χ2v) is 5.64. The van der Waals surface area contributed by atoms with E-state index in [1.807, 2.05) is 6.92 Å². The first kappa shape index (κ1) is 16.4. The first-order valence-electron chi connectivity index (χ1n) is 6.44.